The fourth-order valence-corrected chi connectivity index (χ4v) is 1.34. The number of carboxylic acids is 1. The Morgan fingerprint density at radius 3 is 3.08 bits per heavy atom. The highest BCUT2D eigenvalue weighted by Gasteiger charge is 2.11. The SMILES string of the molecule is O=C(O)c1c[nH]c2nc(Br)ncc12. The number of aromatic amines is 1. The Bertz CT molecular complexity index is 480. The second kappa shape index (κ2) is 2.81. The van der Waals surface area contributed by atoms with Crippen molar-refractivity contribution in [3.05, 3.63) is 22.7 Å². The van der Waals surface area contributed by atoms with E-state index in [0.29, 0.717) is 15.8 Å². The fraction of sp³-hybridized carbons (Fsp3) is 0. The smallest absolute Gasteiger partial charge is 0.337 e. The molecule has 0 atom stereocenters. The Hall–Kier alpha value is -1.43. The standard InChI is InChI=1S/C7H4BrN3O2/c8-7-10-1-3-4(6(12)13)2-9-5(3)11-7/h1-2H,(H,12,13)(H,9,10,11). The van der Waals surface area contributed by atoms with Gasteiger partial charge in [-0.3, -0.25) is 0 Å². The summed E-state index contributed by atoms with van der Waals surface area (Å²) in [6.07, 6.45) is 2.86. The molecule has 6 heteroatoms. The molecule has 0 amide bonds. The average Bonchev–Trinajstić information content (AvgIpc) is 2.46. The van der Waals surface area contributed by atoms with E-state index in [4.69, 9.17) is 5.11 Å². The lowest BCUT2D eigenvalue weighted by atomic mass is 10.2. The zero-order valence-corrected chi connectivity index (χ0v) is 7.87. The van der Waals surface area contributed by atoms with Gasteiger partial charge in [-0.25, -0.2) is 14.8 Å². The molecule has 0 unspecified atom stereocenters. The topological polar surface area (TPSA) is 78.9 Å². The number of nitrogens with one attached hydrogen (secondary N) is 1. The van der Waals surface area contributed by atoms with Crippen LogP contribution in [0.1, 0.15) is 10.4 Å². The maximum absolute atomic E-state index is 10.7. The molecule has 0 fully saturated rings. The van der Waals surface area contributed by atoms with E-state index in [9.17, 15) is 4.79 Å². The molecule has 2 rings (SSSR count). The van der Waals surface area contributed by atoms with Crippen molar-refractivity contribution < 1.29 is 9.90 Å². The Labute approximate surface area is 80.9 Å². The van der Waals surface area contributed by atoms with Gasteiger partial charge in [-0.1, -0.05) is 0 Å². The van der Waals surface area contributed by atoms with Crippen molar-refractivity contribution in [2.45, 2.75) is 0 Å². The van der Waals surface area contributed by atoms with Crippen LogP contribution in [0.25, 0.3) is 11.0 Å². The normalized spacial score (nSPS) is 10.5. The molecule has 0 aliphatic rings. The number of halogens is 1. The van der Waals surface area contributed by atoms with Crippen LogP contribution in [0.2, 0.25) is 0 Å². The number of H-pyrrole nitrogens is 1. The highest BCUT2D eigenvalue weighted by Crippen LogP contribution is 2.16. The number of carboxylic acid groups (broad SMARTS) is 1. The van der Waals surface area contributed by atoms with Crippen LogP contribution in [0, 0.1) is 0 Å². The second-order valence-electron chi connectivity index (χ2n) is 2.41. The summed E-state index contributed by atoms with van der Waals surface area (Å²) < 4.78 is 0.429. The molecule has 0 spiro atoms. The van der Waals surface area contributed by atoms with Crippen LogP contribution >= 0.6 is 15.9 Å². The third-order valence-electron chi connectivity index (χ3n) is 1.63. The third-order valence-corrected chi connectivity index (χ3v) is 2.02. The van der Waals surface area contributed by atoms with Gasteiger partial charge in [0.05, 0.1) is 10.9 Å². The lowest BCUT2D eigenvalue weighted by molar-refractivity contribution is 0.0699. The summed E-state index contributed by atoms with van der Waals surface area (Å²) in [5.41, 5.74) is 0.696. The lowest BCUT2D eigenvalue weighted by Crippen LogP contribution is -1.94. The quantitative estimate of drug-likeness (QED) is 0.741. The number of hydrogen-bond donors (Lipinski definition) is 2. The van der Waals surface area contributed by atoms with Gasteiger partial charge < -0.3 is 10.1 Å². The van der Waals surface area contributed by atoms with E-state index in [1.807, 2.05) is 0 Å². The molecule has 0 bridgehead atoms. The maximum Gasteiger partial charge on any atom is 0.337 e. The van der Waals surface area contributed by atoms with Crippen LogP contribution in [-0.4, -0.2) is 26.0 Å². The molecule has 0 aliphatic heterocycles. The van der Waals surface area contributed by atoms with E-state index in [2.05, 4.69) is 30.9 Å². The summed E-state index contributed by atoms with van der Waals surface area (Å²) in [6.45, 7) is 0. The summed E-state index contributed by atoms with van der Waals surface area (Å²) in [4.78, 5) is 21.2. The molecule has 0 aliphatic carbocycles. The molecule has 13 heavy (non-hydrogen) atoms. The van der Waals surface area contributed by atoms with E-state index in [1.54, 1.807) is 0 Å². The molecule has 5 nitrogen and oxygen atoms in total. The van der Waals surface area contributed by atoms with Gasteiger partial charge in [-0.15, -0.1) is 0 Å². The van der Waals surface area contributed by atoms with E-state index in [0.717, 1.165) is 0 Å². The fourth-order valence-electron chi connectivity index (χ4n) is 1.06. The minimum atomic E-state index is -0.989. The molecule has 2 N–H and O–H groups in total. The number of rotatable bonds is 1. The Morgan fingerprint density at radius 1 is 1.62 bits per heavy atom. The lowest BCUT2D eigenvalue weighted by Gasteiger charge is -1.91. The van der Waals surface area contributed by atoms with Gasteiger partial charge in [-0.05, 0) is 15.9 Å². The largest absolute Gasteiger partial charge is 0.478 e. The van der Waals surface area contributed by atoms with Crippen molar-refractivity contribution in [2.24, 2.45) is 0 Å². The van der Waals surface area contributed by atoms with Crippen molar-refractivity contribution in [1.82, 2.24) is 15.0 Å². The van der Waals surface area contributed by atoms with Crippen LogP contribution < -0.4 is 0 Å². The molecule has 2 heterocycles. The van der Waals surface area contributed by atoms with Crippen molar-refractivity contribution in [2.75, 3.05) is 0 Å². The van der Waals surface area contributed by atoms with Gasteiger partial charge in [0.15, 0.2) is 4.73 Å². The zero-order valence-electron chi connectivity index (χ0n) is 6.28. The van der Waals surface area contributed by atoms with Crippen molar-refractivity contribution in [3.8, 4) is 0 Å². The Kier molecular flexibility index (Phi) is 1.77. The summed E-state index contributed by atoms with van der Waals surface area (Å²) in [5.74, 6) is -0.989. The molecule has 2 aromatic heterocycles. The predicted octanol–water partition coefficient (Wildman–Crippen LogP) is 1.42. The number of fused-ring (bicyclic) bond motifs is 1. The highest BCUT2D eigenvalue weighted by atomic mass is 79.9. The van der Waals surface area contributed by atoms with Crippen LogP contribution in [0.15, 0.2) is 17.1 Å². The van der Waals surface area contributed by atoms with Gasteiger partial charge in [-0.2, -0.15) is 0 Å². The number of hydrogen-bond acceptors (Lipinski definition) is 3. The van der Waals surface area contributed by atoms with E-state index in [-0.39, 0.29) is 5.56 Å². The van der Waals surface area contributed by atoms with E-state index in [1.165, 1.54) is 12.4 Å². The van der Waals surface area contributed by atoms with Crippen LogP contribution in [0.4, 0.5) is 0 Å². The van der Waals surface area contributed by atoms with Crippen LogP contribution in [0.5, 0.6) is 0 Å². The van der Waals surface area contributed by atoms with Crippen molar-refractivity contribution >= 4 is 32.9 Å². The van der Waals surface area contributed by atoms with Gasteiger partial charge in [0.25, 0.3) is 0 Å². The molecule has 0 saturated carbocycles. The number of aromatic carboxylic acids is 1. The molecular formula is C7H4BrN3O2. The Morgan fingerprint density at radius 2 is 2.38 bits per heavy atom. The highest BCUT2D eigenvalue weighted by molar-refractivity contribution is 9.10. The van der Waals surface area contributed by atoms with Gasteiger partial charge in [0.2, 0.25) is 0 Å². The predicted molar refractivity (Wildman–Crippen MR) is 48.5 cm³/mol. The van der Waals surface area contributed by atoms with Gasteiger partial charge in [0.1, 0.15) is 5.65 Å². The minimum absolute atomic E-state index is 0.183. The molecule has 0 saturated heterocycles. The summed E-state index contributed by atoms with van der Waals surface area (Å²) in [5, 5.41) is 9.26. The second-order valence-corrected chi connectivity index (χ2v) is 3.12. The minimum Gasteiger partial charge on any atom is -0.478 e. The average molecular weight is 242 g/mol. The molecule has 0 radical (unpaired) electrons. The summed E-state index contributed by atoms with van der Waals surface area (Å²) in [6, 6.07) is 0. The molecule has 2 aromatic rings. The maximum atomic E-state index is 10.7. The first-order chi connectivity index (χ1) is 6.18. The first kappa shape index (κ1) is 8.18. The first-order valence-electron chi connectivity index (χ1n) is 3.41. The van der Waals surface area contributed by atoms with Gasteiger partial charge in [0, 0.05) is 12.4 Å². The molecule has 0 aromatic carbocycles. The van der Waals surface area contributed by atoms with Crippen LogP contribution in [-0.2, 0) is 0 Å². The van der Waals surface area contributed by atoms with E-state index >= 15 is 0 Å². The first-order valence-corrected chi connectivity index (χ1v) is 4.20. The van der Waals surface area contributed by atoms with E-state index < -0.39 is 5.97 Å². The number of nitrogens with zero attached hydrogens (tertiary/aromatic N) is 2. The molecule has 66 valence electrons. The monoisotopic (exact) mass is 241 g/mol. The van der Waals surface area contributed by atoms with Crippen molar-refractivity contribution in [1.29, 1.82) is 0 Å². The summed E-state index contributed by atoms with van der Waals surface area (Å²) in [7, 11) is 0. The third kappa shape index (κ3) is 1.29. The number of carbonyl (C=O) groups is 1. The van der Waals surface area contributed by atoms with Gasteiger partial charge >= 0.3 is 5.97 Å². The Balaban J connectivity index is 2.76. The van der Waals surface area contributed by atoms with Crippen LogP contribution in [0.3, 0.4) is 0 Å². The number of aromatic nitrogens is 3. The van der Waals surface area contributed by atoms with Crippen molar-refractivity contribution in [3.63, 3.8) is 0 Å². The summed E-state index contributed by atoms with van der Waals surface area (Å²) >= 11 is 3.09. The zero-order chi connectivity index (χ0) is 9.42. The molecular weight excluding hydrogens is 238 g/mol.